The molecule has 0 aromatic heterocycles. The molecular weight excluding hydrogens is 268 g/mol. The molecule has 0 aliphatic heterocycles. The van der Waals surface area contributed by atoms with Crippen molar-refractivity contribution in [2.24, 2.45) is 5.92 Å². The molecule has 0 spiro atoms. The van der Waals surface area contributed by atoms with E-state index in [4.69, 9.17) is 5.11 Å². The van der Waals surface area contributed by atoms with Gasteiger partial charge in [-0.25, -0.2) is 9.59 Å². The first-order chi connectivity index (χ1) is 9.90. The predicted octanol–water partition coefficient (Wildman–Crippen LogP) is 3.59. The average Bonchev–Trinajstić information content (AvgIpc) is 2.46. The van der Waals surface area contributed by atoms with E-state index in [1.807, 2.05) is 6.92 Å². The van der Waals surface area contributed by atoms with E-state index in [0.29, 0.717) is 30.3 Å². The number of urea groups is 1. The zero-order valence-corrected chi connectivity index (χ0v) is 13.1. The van der Waals surface area contributed by atoms with Crippen molar-refractivity contribution in [3.8, 4) is 0 Å². The van der Waals surface area contributed by atoms with E-state index in [0.717, 1.165) is 6.42 Å². The van der Waals surface area contributed by atoms with Gasteiger partial charge in [-0.15, -0.1) is 0 Å². The maximum absolute atomic E-state index is 12.3. The molecule has 0 heterocycles. The van der Waals surface area contributed by atoms with Gasteiger partial charge in [-0.3, -0.25) is 0 Å². The highest BCUT2D eigenvalue weighted by Gasteiger charge is 2.16. The molecule has 0 bridgehead atoms. The van der Waals surface area contributed by atoms with Crippen molar-refractivity contribution in [2.75, 3.05) is 18.4 Å². The van der Waals surface area contributed by atoms with E-state index in [1.54, 1.807) is 24.0 Å². The second kappa shape index (κ2) is 7.67. The largest absolute Gasteiger partial charge is 0.478 e. The normalized spacial score (nSPS) is 11.8. The van der Waals surface area contributed by atoms with Crippen LogP contribution in [0.2, 0.25) is 0 Å². The van der Waals surface area contributed by atoms with Gasteiger partial charge in [0.05, 0.1) is 5.56 Å². The predicted molar refractivity (Wildman–Crippen MR) is 83.9 cm³/mol. The van der Waals surface area contributed by atoms with Crippen molar-refractivity contribution in [2.45, 2.75) is 34.1 Å². The molecule has 1 aromatic rings. The lowest BCUT2D eigenvalue weighted by atomic mass is 10.1. The Hall–Kier alpha value is -2.04. The molecule has 0 saturated carbocycles. The minimum Gasteiger partial charge on any atom is -0.478 e. The lowest BCUT2D eigenvalue weighted by Gasteiger charge is -2.25. The van der Waals surface area contributed by atoms with Gasteiger partial charge in [0, 0.05) is 18.8 Å². The minimum atomic E-state index is -0.990. The summed E-state index contributed by atoms with van der Waals surface area (Å²) in [4.78, 5) is 25.1. The second-order valence-corrected chi connectivity index (χ2v) is 5.27. The summed E-state index contributed by atoms with van der Waals surface area (Å²) < 4.78 is 0. The Labute approximate surface area is 126 Å². The van der Waals surface area contributed by atoms with Crippen LogP contribution in [0.15, 0.2) is 18.2 Å². The average molecular weight is 292 g/mol. The van der Waals surface area contributed by atoms with Crippen LogP contribution in [-0.4, -0.2) is 35.1 Å². The van der Waals surface area contributed by atoms with Crippen molar-refractivity contribution in [3.05, 3.63) is 29.3 Å². The summed E-state index contributed by atoms with van der Waals surface area (Å²) >= 11 is 0. The maximum atomic E-state index is 12.3. The molecule has 21 heavy (non-hydrogen) atoms. The van der Waals surface area contributed by atoms with Crippen molar-refractivity contribution in [3.63, 3.8) is 0 Å². The first-order valence-corrected chi connectivity index (χ1v) is 7.29. The monoisotopic (exact) mass is 292 g/mol. The highest BCUT2D eigenvalue weighted by atomic mass is 16.4. The Bertz CT molecular complexity index is 514. The van der Waals surface area contributed by atoms with Crippen molar-refractivity contribution in [1.29, 1.82) is 0 Å². The summed E-state index contributed by atoms with van der Waals surface area (Å²) in [5.41, 5.74) is 1.32. The van der Waals surface area contributed by atoms with E-state index >= 15 is 0 Å². The van der Waals surface area contributed by atoms with E-state index in [2.05, 4.69) is 19.2 Å². The minimum absolute atomic E-state index is 0.191. The highest BCUT2D eigenvalue weighted by Crippen LogP contribution is 2.19. The van der Waals surface area contributed by atoms with Crippen LogP contribution in [0.4, 0.5) is 10.5 Å². The molecule has 116 valence electrons. The fourth-order valence-corrected chi connectivity index (χ4v) is 2.06. The third-order valence-electron chi connectivity index (χ3n) is 3.70. The van der Waals surface area contributed by atoms with Crippen LogP contribution in [0, 0.1) is 12.8 Å². The van der Waals surface area contributed by atoms with Crippen molar-refractivity contribution < 1.29 is 14.7 Å². The second-order valence-electron chi connectivity index (χ2n) is 5.27. The molecule has 1 rings (SSSR count). The summed E-state index contributed by atoms with van der Waals surface area (Å²) in [6.07, 6.45) is 1.01. The Morgan fingerprint density at radius 3 is 2.52 bits per heavy atom. The van der Waals surface area contributed by atoms with Gasteiger partial charge in [-0.05, 0) is 37.5 Å². The first-order valence-electron chi connectivity index (χ1n) is 7.29. The molecule has 0 aliphatic carbocycles. The van der Waals surface area contributed by atoms with E-state index < -0.39 is 5.97 Å². The highest BCUT2D eigenvalue weighted by molar-refractivity contribution is 5.95. The number of hydrogen-bond acceptors (Lipinski definition) is 2. The van der Waals surface area contributed by atoms with Crippen molar-refractivity contribution in [1.82, 2.24) is 4.90 Å². The SMILES string of the molecule is CCC(C)CN(CC)C(=O)Nc1cccc(C(=O)O)c1C. The van der Waals surface area contributed by atoms with Gasteiger partial charge in [0.1, 0.15) is 0 Å². The van der Waals surface area contributed by atoms with Gasteiger partial charge in [-0.1, -0.05) is 26.3 Å². The zero-order valence-electron chi connectivity index (χ0n) is 13.1. The molecule has 0 aliphatic rings. The quantitative estimate of drug-likeness (QED) is 0.841. The summed E-state index contributed by atoms with van der Waals surface area (Å²) in [6, 6.07) is 4.70. The number of carbonyl (C=O) groups excluding carboxylic acids is 1. The molecule has 1 unspecified atom stereocenters. The summed E-state index contributed by atoms with van der Waals surface area (Å²) in [5.74, 6) is -0.558. The molecule has 2 amide bonds. The first kappa shape index (κ1) is 17.0. The Balaban J connectivity index is 2.87. The van der Waals surface area contributed by atoms with E-state index in [-0.39, 0.29) is 11.6 Å². The number of aromatic carboxylic acids is 1. The van der Waals surface area contributed by atoms with E-state index in [9.17, 15) is 9.59 Å². The fourth-order valence-electron chi connectivity index (χ4n) is 2.06. The number of nitrogens with zero attached hydrogens (tertiary/aromatic N) is 1. The molecule has 1 atom stereocenters. The van der Waals surface area contributed by atoms with E-state index in [1.165, 1.54) is 6.07 Å². The Morgan fingerprint density at radius 1 is 1.33 bits per heavy atom. The zero-order chi connectivity index (χ0) is 16.0. The van der Waals surface area contributed by atoms with Crippen LogP contribution in [0.1, 0.15) is 43.1 Å². The molecular formula is C16H24N2O3. The number of amides is 2. The fraction of sp³-hybridized carbons (Fsp3) is 0.500. The van der Waals surface area contributed by atoms with Crippen LogP contribution in [0.3, 0.4) is 0 Å². The summed E-state index contributed by atoms with van der Waals surface area (Å²) in [6.45, 7) is 9.14. The topological polar surface area (TPSA) is 69.6 Å². The number of anilines is 1. The molecule has 2 N–H and O–H groups in total. The van der Waals surface area contributed by atoms with Gasteiger partial charge in [0.25, 0.3) is 0 Å². The Kier molecular flexibility index (Phi) is 6.21. The number of carbonyl (C=O) groups is 2. The number of rotatable bonds is 6. The van der Waals surface area contributed by atoms with Crippen LogP contribution < -0.4 is 5.32 Å². The molecule has 0 radical (unpaired) electrons. The lowest BCUT2D eigenvalue weighted by molar-refractivity contribution is 0.0696. The molecule has 0 saturated heterocycles. The summed E-state index contributed by atoms with van der Waals surface area (Å²) in [7, 11) is 0. The maximum Gasteiger partial charge on any atom is 0.336 e. The third kappa shape index (κ3) is 4.48. The van der Waals surface area contributed by atoms with Gasteiger partial charge < -0.3 is 15.3 Å². The Morgan fingerprint density at radius 2 is 2.00 bits per heavy atom. The number of carboxylic acid groups (broad SMARTS) is 1. The summed E-state index contributed by atoms with van der Waals surface area (Å²) in [5, 5.41) is 11.9. The molecule has 5 heteroatoms. The number of benzene rings is 1. The van der Waals surface area contributed by atoms with Crippen molar-refractivity contribution >= 4 is 17.7 Å². The standard InChI is InChI=1S/C16H24N2O3/c1-5-11(3)10-18(6-2)16(21)17-14-9-7-8-13(12(14)4)15(19)20/h7-9,11H,5-6,10H2,1-4H3,(H,17,21)(H,19,20). The van der Waals surface area contributed by atoms with Crippen LogP contribution in [0.25, 0.3) is 0 Å². The molecule has 1 aromatic carbocycles. The number of carboxylic acids is 1. The molecule has 5 nitrogen and oxygen atoms in total. The number of nitrogens with one attached hydrogen (secondary N) is 1. The third-order valence-corrected chi connectivity index (χ3v) is 3.70. The number of hydrogen-bond donors (Lipinski definition) is 2. The van der Waals surface area contributed by atoms with Crippen LogP contribution in [0.5, 0.6) is 0 Å². The smallest absolute Gasteiger partial charge is 0.336 e. The van der Waals surface area contributed by atoms with Crippen LogP contribution >= 0.6 is 0 Å². The lowest BCUT2D eigenvalue weighted by Crippen LogP contribution is -2.38. The van der Waals surface area contributed by atoms with Gasteiger partial charge >= 0.3 is 12.0 Å². The van der Waals surface area contributed by atoms with Gasteiger partial charge in [0.15, 0.2) is 0 Å². The molecule has 0 fully saturated rings. The van der Waals surface area contributed by atoms with Gasteiger partial charge in [0.2, 0.25) is 0 Å². The van der Waals surface area contributed by atoms with Gasteiger partial charge in [-0.2, -0.15) is 0 Å². The van der Waals surface area contributed by atoms with Crippen LogP contribution in [-0.2, 0) is 0 Å².